The van der Waals surface area contributed by atoms with E-state index in [1.807, 2.05) is 6.92 Å². The van der Waals surface area contributed by atoms with Crippen molar-refractivity contribution in [2.45, 2.75) is 19.9 Å². The second kappa shape index (κ2) is 1.54. The van der Waals surface area contributed by atoms with Gasteiger partial charge in [-0.15, -0.1) is 0 Å². The average molecular weight is 98.1 g/mol. The minimum absolute atomic E-state index is 0.500. The number of nitrogens with one attached hydrogen (secondary N) is 2. The van der Waals surface area contributed by atoms with E-state index in [0.717, 1.165) is 0 Å². The molecular weight excluding hydrogens is 88.1 g/mol. The van der Waals surface area contributed by atoms with E-state index in [4.69, 9.17) is 0 Å². The summed E-state index contributed by atoms with van der Waals surface area (Å²) in [6.45, 7) is 4.14. The van der Waals surface area contributed by atoms with Gasteiger partial charge in [-0.3, -0.25) is 0 Å². The lowest BCUT2D eigenvalue weighted by atomic mass is 10.3. The second-order valence-electron chi connectivity index (χ2n) is 1.91. The summed E-state index contributed by atoms with van der Waals surface area (Å²) in [6.07, 6.45) is 2.14. The molecule has 7 heavy (non-hydrogen) atoms. The standard InChI is InChI=1S/C5H10N2/c1-4-3-5(2)7-6-4/h3-4,6-7H,1-2H3. The van der Waals surface area contributed by atoms with E-state index in [-0.39, 0.29) is 0 Å². The van der Waals surface area contributed by atoms with E-state index in [2.05, 4.69) is 23.9 Å². The molecule has 1 rings (SSSR count). The van der Waals surface area contributed by atoms with Crippen molar-refractivity contribution in [2.75, 3.05) is 0 Å². The largest absolute Gasteiger partial charge is 0.326 e. The highest BCUT2D eigenvalue weighted by Crippen LogP contribution is 1.95. The van der Waals surface area contributed by atoms with Crippen LogP contribution in [0.4, 0.5) is 0 Å². The normalized spacial score (nSPS) is 29.4. The molecule has 0 aliphatic carbocycles. The molecule has 0 radical (unpaired) electrons. The van der Waals surface area contributed by atoms with Crippen molar-refractivity contribution in [2.24, 2.45) is 0 Å². The maximum atomic E-state index is 3.03. The Hall–Kier alpha value is -0.500. The first-order valence-electron chi connectivity index (χ1n) is 2.49. The molecule has 1 atom stereocenters. The molecular formula is C5H10N2. The molecule has 1 aliphatic heterocycles. The maximum Gasteiger partial charge on any atom is 0.0432 e. The Balaban J connectivity index is 2.50. The van der Waals surface area contributed by atoms with Crippen LogP contribution in [-0.4, -0.2) is 6.04 Å². The van der Waals surface area contributed by atoms with E-state index in [9.17, 15) is 0 Å². The molecule has 1 unspecified atom stereocenters. The molecule has 0 amide bonds. The SMILES string of the molecule is CC1=CC(C)NN1. The molecule has 40 valence electrons. The van der Waals surface area contributed by atoms with Crippen molar-refractivity contribution < 1.29 is 0 Å². The van der Waals surface area contributed by atoms with Gasteiger partial charge in [0.2, 0.25) is 0 Å². The van der Waals surface area contributed by atoms with Crippen LogP contribution in [0.5, 0.6) is 0 Å². The molecule has 0 saturated heterocycles. The van der Waals surface area contributed by atoms with Crippen LogP contribution in [0.3, 0.4) is 0 Å². The van der Waals surface area contributed by atoms with Gasteiger partial charge in [-0.05, 0) is 19.9 Å². The summed E-state index contributed by atoms with van der Waals surface area (Å²) in [5, 5.41) is 0. The van der Waals surface area contributed by atoms with Crippen LogP contribution in [0.1, 0.15) is 13.8 Å². The van der Waals surface area contributed by atoms with Gasteiger partial charge in [0, 0.05) is 11.7 Å². The summed E-state index contributed by atoms with van der Waals surface area (Å²) < 4.78 is 0. The predicted molar refractivity (Wildman–Crippen MR) is 29.5 cm³/mol. The van der Waals surface area contributed by atoms with E-state index in [1.54, 1.807) is 0 Å². The maximum absolute atomic E-state index is 3.03. The zero-order chi connectivity index (χ0) is 5.28. The molecule has 2 N–H and O–H groups in total. The second-order valence-corrected chi connectivity index (χ2v) is 1.91. The van der Waals surface area contributed by atoms with Gasteiger partial charge < -0.3 is 5.43 Å². The van der Waals surface area contributed by atoms with Crippen molar-refractivity contribution in [1.82, 2.24) is 10.9 Å². The molecule has 0 fully saturated rings. The molecule has 1 aliphatic rings. The molecule has 0 saturated carbocycles. The summed E-state index contributed by atoms with van der Waals surface area (Å²) in [7, 11) is 0. The Kier molecular flexibility index (Phi) is 1.02. The third-order valence-electron chi connectivity index (χ3n) is 0.997. The van der Waals surface area contributed by atoms with Gasteiger partial charge in [0.25, 0.3) is 0 Å². The first-order chi connectivity index (χ1) is 3.29. The van der Waals surface area contributed by atoms with Crippen LogP contribution >= 0.6 is 0 Å². The Morgan fingerprint density at radius 3 is 2.57 bits per heavy atom. The van der Waals surface area contributed by atoms with Crippen molar-refractivity contribution in [3.05, 3.63) is 11.8 Å². The quantitative estimate of drug-likeness (QED) is 0.458. The number of hydrazine groups is 1. The first kappa shape index (κ1) is 4.65. The van der Waals surface area contributed by atoms with Gasteiger partial charge in [0.1, 0.15) is 0 Å². The lowest BCUT2D eigenvalue weighted by Gasteiger charge is -1.97. The van der Waals surface area contributed by atoms with Gasteiger partial charge in [0.05, 0.1) is 0 Å². The van der Waals surface area contributed by atoms with Crippen molar-refractivity contribution in [1.29, 1.82) is 0 Å². The average Bonchev–Trinajstić information content (AvgIpc) is 1.87. The van der Waals surface area contributed by atoms with Crippen LogP contribution in [0.15, 0.2) is 11.8 Å². The Morgan fingerprint density at radius 2 is 2.43 bits per heavy atom. The van der Waals surface area contributed by atoms with Gasteiger partial charge in [-0.1, -0.05) is 0 Å². The fourth-order valence-corrected chi connectivity index (χ4v) is 0.686. The molecule has 0 aromatic heterocycles. The molecule has 2 heteroatoms. The highest BCUT2D eigenvalue weighted by molar-refractivity contribution is 5.05. The van der Waals surface area contributed by atoms with Crippen LogP contribution in [-0.2, 0) is 0 Å². The molecule has 0 spiro atoms. The van der Waals surface area contributed by atoms with E-state index in [1.165, 1.54) is 5.70 Å². The van der Waals surface area contributed by atoms with Crippen LogP contribution < -0.4 is 10.9 Å². The lowest BCUT2D eigenvalue weighted by molar-refractivity contribution is 0.607. The summed E-state index contributed by atoms with van der Waals surface area (Å²) in [6, 6.07) is 0.500. The monoisotopic (exact) mass is 98.1 g/mol. The van der Waals surface area contributed by atoms with Crippen molar-refractivity contribution in [3.63, 3.8) is 0 Å². The van der Waals surface area contributed by atoms with Gasteiger partial charge in [0.15, 0.2) is 0 Å². The molecule has 2 nitrogen and oxygen atoms in total. The number of hydrogen-bond donors (Lipinski definition) is 2. The third-order valence-corrected chi connectivity index (χ3v) is 0.997. The number of allylic oxidation sites excluding steroid dienone is 1. The van der Waals surface area contributed by atoms with Gasteiger partial charge >= 0.3 is 0 Å². The molecule has 1 heterocycles. The van der Waals surface area contributed by atoms with Crippen molar-refractivity contribution in [3.8, 4) is 0 Å². The summed E-state index contributed by atoms with van der Waals surface area (Å²) >= 11 is 0. The minimum atomic E-state index is 0.500. The smallest absolute Gasteiger partial charge is 0.0432 e. The third kappa shape index (κ3) is 0.933. The van der Waals surface area contributed by atoms with E-state index in [0.29, 0.717) is 6.04 Å². The van der Waals surface area contributed by atoms with E-state index < -0.39 is 0 Å². The van der Waals surface area contributed by atoms with Crippen LogP contribution in [0.2, 0.25) is 0 Å². The fraction of sp³-hybridized carbons (Fsp3) is 0.600. The minimum Gasteiger partial charge on any atom is -0.326 e. The molecule has 0 bridgehead atoms. The van der Waals surface area contributed by atoms with Crippen LogP contribution in [0.25, 0.3) is 0 Å². The zero-order valence-corrected chi connectivity index (χ0v) is 4.65. The highest BCUT2D eigenvalue weighted by Gasteiger charge is 2.02. The summed E-state index contributed by atoms with van der Waals surface area (Å²) in [4.78, 5) is 0. The Morgan fingerprint density at radius 1 is 1.71 bits per heavy atom. The fourth-order valence-electron chi connectivity index (χ4n) is 0.686. The van der Waals surface area contributed by atoms with Crippen molar-refractivity contribution >= 4 is 0 Å². The first-order valence-corrected chi connectivity index (χ1v) is 2.49. The van der Waals surface area contributed by atoms with E-state index >= 15 is 0 Å². The number of rotatable bonds is 0. The number of hydrogen-bond acceptors (Lipinski definition) is 2. The van der Waals surface area contributed by atoms with Gasteiger partial charge in [-0.2, -0.15) is 0 Å². The zero-order valence-electron chi connectivity index (χ0n) is 4.65. The van der Waals surface area contributed by atoms with Gasteiger partial charge in [-0.25, -0.2) is 5.43 Å². The van der Waals surface area contributed by atoms with Crippen LogP contribution in [0, 0.1) is 0 Å². The summed E-state index contributed by atoms with van der Waals surface area (Å²) in [5.74, 6) is 0. The highest BCUT2D eigenvalue weighted by atomic mass is 15.4. The Bertz CT molecular complexity index is 96.3. The lowest BCUT2D eigenvalue weighted by Crippen LogP contribution is -2.28. The topological polar surface area (TPSA) is 24.1 Å². The predicted octanol–water partition coefficient (Wildman–Crippen LogP) is 0.386. The molecule has 0 aromatic rings. The molecule has 0 aromatic carbocycles. The Labute approximate surface area is 43.6 Å². The summed E-state index contributed by atoms with van der Waals surface area (Å²) in [5.41, 5.74) is 7.22.